The number of thioether (sulfide) groups is 1. The lowest BCUT2D eigenvalue weighted by Crippen LogP contribution is -2.60. The van der Waals surface area contributed by atoms with Crippen LogP contribution in [0.2, 0.25) is 0 Å². The van der Waals surface area contributed by atoms with Crippen LogP contribution in [-0.4, -0.2) is 87.1 Å². The maximum Gasteiger partial charge on any atom is 0.247 e. The van der Waals surface area contributed by atoms with Gasteiger partial charge in [-0.3, -0.25) is 14.4 Å². The Kier molecular flexibility index (Phi) is 10.1. The molecule has 0 saturated carbocycles. The number of anilines is 1. The number of hydrogen-bond donors (Lipinski definition) is 1. The molecule has 1 aromatic carbocycles. The van der Waals surface area contributed by atoms with Crippen LogP contribution in [0.5, 0.6) is 5.75 Å². The number of aliphatic hydroxyl groups is 1. The first kappa shape index (κ1) is 32.1. The molecule has 8 nitrogen and oxygen atoms in total. The maximum atomic E-state index is 14.6. The van der Waals surface area contributed by atoms with Crippen LogP contribution in [-0.2, 0) is 14.4 Å². The molecule has 1 aromatic rings. The van der Waals surface area contributed by atoms with Gasteiger partial charge in [0.15, 0.2) is 0 Å². The number of likely N-dealkylation sites (tertiary alicyclic amines) is 1. The van der Waals surface area contributed by atoms with Gasteiger partial charge in [0, 0.05) is 30.1 Å². The normalized spacial score (nSPS) is 29.1. The molecule has 42 heavy (non-hydrogen) atoms. The Bertz CT molecular complexity index is 1170. The van der Waals surface area contributed by atoms with Gasteiger partial charge in [-0.1, -0.05) is 32.4 Å². The van der Waals surface area contributed by atoms with Crippen LogP contribution < -0.4 is 9.64 Å². The first-order valence-corrected chi connectivity index (χ1v) is 16.2. The van der Waals surface area contributed by atoms with Crippen LogP contribution in [0.15, 0.2) is 49.6 Å². The predicted octanol–water partition coefficient (Wildman–Crippen LogP) is 4.53. The lowest BCUT2D eigenvalue weighted by atomic mass is 9.65. The zero-order valence-electron chi connectivity index (χ0n) is 25.7. The van der Waals surface area contributed by atoms with E-state index in [1.165, 1.54) is 0 Å². The van der Waals surface area contributed by atoms with Gasteiger partial charge in [-0.15, -0.1) is 24.9 Å². The van der Waals surface area contributed by atoms with Crippen molar-refractivity contribution in [2.75, 3.05) is 31.2 Å². The smallest absolute Gasteiger partial charge is 0.247 e. The Morgan fingerprint density at radius 1 is 1.17 bits per heavy atom. The average molecular weight is 598 g/mol. The molecule has 3 fully saturated rings. The highest BCUT2D eigenvalue weighted by Crippen LogP contribution is 2.69. The van der Waals surface area contributed by atoms with Crippen molar-refractivity contribution in [3.8, 4) is 5.75 Å². The number of carbonyl (C=O) groups is 3. The summed E-state index contributed by atoms with van der Waals surface area (Å²) in [5.74, 6) is -0.934. The van der Waals surface area contributed by atoms with Crippen molar-refractivity contribution >= 4 is 35.2 Å². The third kappa shape index (κ3) is 5.27. The van der Waals surface area contributed by atoms with Crippen molar-refractivity contribution in [2.24, 2.45) is 17.8 Å². The highest BCUT2D eigenvalue weighted by atomic mass is 32.2. The van der Waals surface area contributed by atoms with E-state index in [9.17, 15) is 19.5 Å². The first-order chi connectivity index (χ1) is 20.1. The molecule has 3 amide bonds. The number of nitrogens with zero attached hydrogens (tertiary/aromatic N) is 3. The van der Waals surface area contributed by atoms with Crippen molar-refractivity contribution in [1.29, 1.82) is 0 Å². The minimum absolute atomic E-state index is 0.0311. The van der Waals surface area contributed by atoms with Crippen LogP contribution in [0, 0.1) is 17.8 Å². The van der Waals surface area contributed by atoms with Crippen LogP contribution in [0.3, 0.4) is 0 Å². The summed E-state index contributed by atoms with van der Waals surface area (Å²) in [6, 6.07) is 6.04. The Hall–Kier alpha value is -2.78. The van der Waals surface area contributed by atoms with Crippen LogP contribution in [0.1, 0.15) is 53.9 Å². The van der Waals surface area contributed by atoms with E-state index in [4.69, 9.17) is 4.74 Å². The number of amides is 3. The van der Waals surface area contributed by atoms with E-state index < -0.39 is 28.7 Å². The fraction of sp³-hybridized carbons (Fsp3) is 0.606. The van der Waals surface area contributed by atoms with Crippen molar-refractivity contribution in [3.63, 3.8) is 0 Å². The van der Waals surface area contributed by atoms with Gasteiger partial charge in [0.1, 0.15) is 11.8 Å². The average Bonchev–Trinajstić information content (AvgIpc) is 3.58. The molecule has 1 spiro atoms. The maximum absolute atomic E-state index is 14.6. The third-order valence-corrected chi connectivity index (χ3v) is 11.4. The molecule has 4 unspecified atom stereocenters. The Labute approximate surface area is 255 Å². The van der Waals surface area contributed by atoms with Crippen LogP contribution in [0.25, 0.3) is 0 Å². The van der Waals surface area contributed by atoms with Gasteiger partial charge in [-0.2, -0.15) is 0 Å². The molecule has 4 rings (SSSR count). The highest BCUT2D eigenvalue weighted by molar-refractivity contribution is 8.02. The minimum atomic E-state index is -0.766. The van der Waals surface area contributed by atoms with E-state index in [-0.39, 0.29) is 41.5 Å². The fourth-order valence-electron chi connectivity index (χ4n) is 7.46. The van der Waals surface area contributed by atoms with E-state index in [2.05, 4.69) is 27.0 Å². The molecule has 3 aliphatic heterocycles. The summed E-state index contributed by atoms with van der Waals surface area (Å²) < 4.78 is 4.83. The largest absolute Gasteiger partial charge is 0.494 e. The van der Waals surface area contributed by atoms with Crippen molar-refractivity contribution in [2.45, 2.75) is 82.0 Å². The van der Waals surface area contributed by atoms with Gasteiger partial charge in [0.05, 0.1) is 35.8 Å². The molecule has 0 aromatic heterocycles. The summed E-state index contributed by atoms with van der Waals surface area (Å²) in [7, 11) is 0. The second kappa shape index (κ2) is 13.2. The Morgan fingerprint density at radius 3 is 2.40 bits per heavy atom. The number of benzene rings is 1. The van der Waals surface area contributed by atoms with Gasteiger partial charge in [0.25, 0.3) is 0 Å². The first-order valence-electron chi connectivity index (χ1n) is 15.3. The van der Waals surface area contributed by atoms with Crippen LogP contribution in [0.4, 0.5) is 5.69 Å². The molecule has 230 valence electrons. The summed E-state index contributed by atoms with van der Waals surface area (Å²) >= 11 is 1.66. The van der Waals surface area contributed by atoms with E-state index >= 15 is 0 Å². The molecule has 8 atom stereocenters. The summed E-state index contributed by atoms with van der Waals surface area (Å²) in [4.78, 5) is 48.7. The van der Waals surface area contributed by atoms with E-state index in [1.807, 2.05) is 43.0 Å². The van der Waals surface area contributed by atoms with E-state index in [0.717, 1.165) is 25.0 Å². The second-order valence-electron chi connectivity index (χ2n) is 11.9. The zero-order valence-corrected chi connectivity index (χ0v) is 26.5. The van der Waals surface area contributed by atoms with E-state index in [0.29, 0.717) is 25.4 Å². The molecule has 9 heteroatoms. The lowest BCUT2D eigenvalue weighted by molar-refractivity contribution is -0.146. The van der Waals surface area contributed by atoms with Gasteiger partial charge >= 0.3 is 0 Å². The molecule has 2 bridgehead atoms. The minimum Gasteiger partial charge on any atom is -0.494 e. The molecule has 0 radical (unpaired) electrons. The quantitative estimate of drug-likeness (QED) is 0.317. The zero-order chi connectivity index (χ0) is 30.8. The highest BCUT2D eigenvalue weighted by Gasteiger charge is 2.76. The number of rotatable bonds is 14. The number of fused-ring (bicyclic) bond motifs is 1. The standard InChI is InChI=1S/C33H47N3O5S/c1-8-12-22(6)34(17-9-2)32(40)29-33-21(5)19-26(42-33)27(28(33)31(39)36(29)23(7)20-37)30(38)35(18-10-3)24-13-15-25(16-14-24)41-11-4/h9-10,13-16,21-23,26-29,37H,2-3,8,11-12,17-20H2,1,4-7H3/t21?,22?,23-,26+,27-,28+,29?,33?/m1/s1. The lowest BCUT2D eigenvalue weighted by Gasteiger charge is -2.43. The van der Waals surface area contributed by atoms with Crippen molar-refractivity contribution < 1.29 is 24.2 Å². The number of aliphatic hydroxyl groups excluding tert-OH is 1. The summed E-state index contributed by atoms with van der Waals surface area (Å²) in [6.45, 7) is 18.7. The summed E-state index contributed by atoms with van der Waals surface area (Å²) in [5.41, 5.74) is 0.711. The van der Waals surface area contributed by atoms with Crippen molar-refractivity contribution in [1.82, 2.24) is 9.80 Å². The molecule has 3 aliphatic rings. The number of hydrogen-bond acceptors (Lipinski definition) is 6. The summed E-state index contributed by atoms with van der Waals surface area (Å²) in [6.07, 6.45) is 5.92. The van der Waals surface area contributed by atoms with Crippen LogP contribution >= 0.6 is 11.8 Å². The molecule has 1 N–H and O–H groups in total. The third-order valence-electron chi connectivity index (χ3n) is 9.33. The van der Waals surface area contributed by atoms with Gasteiger partial charge in [0.2, 0.25) is 17.7 Å². The SMILES string of the molecule is C=CCN(C(=O)[C@@H]1[C@@H]2CC(C)C3(S2)C(C(=O)N(CC=C)C(C)CCC)N([C@H](C)CO)C(=O)[C@H]13)c1ccc(OCC)cc1. The van der Waals surface area contributed by atoms with Crippen molar-refractivity contribution in [3.05, 3.63) is 49.6 Å². The van der Waals surface area contributed by atoms with E-state index in [1.54, 1.807) is 40.6 Å². The van der Waals surface area contributed by atoms with Gasteiger partial charge in [-0.25, -0.2) is 0 Å². The molecule has 3 heterocycles. The Morgan fingerprint density at radius 2 is 1.83 bits per heavy atom. The predicted molar refractivity (Wildman–Crippen MR) is 168 cm³/mol. The molecule has 0 aliphatic carbocycles. The second-order valence-corrected chi connectivity index (χ2v) is 13.5. The molecular formula is C33H47N3O5S. The Balaban J connectivity index is 1.77. The fourth-order valence-corrected chi connectivity index (χ4v) is 9.86. The van der Waals surface area contributed by atoms with Gasteiger partial charge in [-0.05, 0) is 63.8 Å². The van der Waals surface area contributed by atoms with Gasteiger partial charge < -0.3 is 24.5 Å². The number of carbonyl (C=O) groups excluding carboxylic acids is 3. The monoisotopic (exact) mass is 597 g/mol. The topological polar surface area (TPSA) is 90.4 Å². The molecule has 3 saturated heterocycles. The number of ether oxygens (including phenoxy) is 1. The summed E-state index contributed by atoms with van der Waals surface area (Å²) in [5, 5.41) is 10.2. The molecular weight excluding hydrogens is 550 g/mol.